The molecule has 0 saturated carbocycles. The van der Waals surface area contributed by atoms with Gasteiger partial charge in [-0.25, -0.2) is 9.48 Å². The maximum absolute atomic E-state index is 10.6. The molecule has 2 heterocycles. The van der Waals surface area contributed by atoms with Crippen LogP contribution in [0.15, 0.2) is 6.20 Å². The quantitative estimate of drug-likeness (QED) is 0.733. The molecule has 15 heavy (non-hydrogen) atoms. The molecule has 2 rings (SSSR count). The Bertz CT molecular complexity index is 355. The Balaban J connectivity index is 2.06. The predicted octanol–water partition coefficient (Wildman–Crippen LogP) is 0.289. The van der Waals surface area contributed by atoms with Crippen LogP contribution in [0.25, 0.3) is 0 Å². The highest BCUT2D eigenvalue weighted by Gasteiger charge is 2.21. The van der Waals surface area contributed by atoms with Crippen molar-refractivity contribution in [2.45, 2.75) is 31.8 Å². The van der Waals surface area contributed by atoms with E-state index >= 15 is 0 Å². The summed E-state index contributed by atoms with van der Waals surface area (Å²) in [5, 5.41) is 19.5. The summed E-state index contributed by atoms with van der Waals surface area (Å²) in [5.74, 6) is -1.03. The van der Waals surface area contributed by atoms with Crippen LogP contribution in [0.2, 0.25) is 0 Å². The number of hydrogen-bond donors (Lipinski definition) is 2. The summed E-state index contributed by atoms with van der Waals surface area (Å²) in [6.07, 6.45) is 3.58. The third kappa shape index (κ3) is 2.15. The average molecular weight is 210 g/mol. The van der Waals surface area contributed by atoms with E-state index in [0.717, 1.165) is 19.4 Å². The maximum atomic E-state index is 10.6. The zero-order valence-electron chi connectivity index (χ0n) is 8.55. The molecule has 0 amide bonds. The van der Waals surface area contributed by atoms with Crippen molar-refractivity contribution in [1.82, 2.24) is 20.3 Å². The number of hydrogen-bond acceptors (Lipinski definition) is 4. The number of carbonyl (C=O) groups is 1. The number of carboxylic acid groups (broad SMARTS) is 1. The van der Waals surface area contributed by atoms with Crippen molar-refractivity contribution in [3.05, 3.63) is 11.9 Å². The van der Waals surface area contributed by atoms with Gasteiger partial charge >= 0.3 is 5.97 Å². The molecule has 0 aromatic carbocycles. The van der Waals surface area contributed by atoms with Crippen molar-refractivity contribution in [3.8, 4) is 0 Å². The average Bonchev–Trinajstić information content (AvgIpc) is 2.68. The second kappa shape index (κ2) is 3.98. The lowest BCUT2D eigenvalue weighted by atomic mass is 10.0. The van der Waals surface area contributed by atoms with Crippen molar-refractivity contribution < 1.29 is 9.90 Å². The van der Waals surface area contributed by atoms with Crippen LogP contribution in [0.4, 0.5) is 0 Å². The zero-order valence-corrected chi connectivity index (χ0v) is 8.55. The molecule has 0 radical (unpaired) electrons. The smallest absolute Gasteiger partial charge is 0.358 e. The molecule has 1 aromatic heterocycles. The van der Waals surface area contributed by atoms with E-state index in [9.17, 15) is 4.79 Å². The van der Waals surface area contributed by atoms with Gasteiger partial charge in [0.2, 0.25) is 0 Å². The van der Waals surface area contributed by atoms with E-state index in [2.05, 4.69) is 22.6 Å². The van der Waals surface area contributed by atoms with Gasteiger partial charge in [-0.1, -0.05) is 5.21 Å². The van der Waals surface area contributed by atoms with Crippen molar-refractivity contribution in [2.24, 2.45) is 0 Å². The van der Waals surface area contributed by atoms with Crippen LogP contribution in [0.1, 0.15) is 36.3 Å². The number of nitrogens with one attached hydrogen (secondary N) is 1. The molecule has 0 unspecified atom stereocenters. The summed E-state index contributed by atoms with van der Waals surface area (Å²) in [6, 6.07) is 0.755. The summed E-state index contributed by atoms with van der Waals surface area (Å²) < 4.78 is 1.64. The van der Waals surface area contributed by atoms with Gasteiger partial charge in [0.15, 0.2) is 5.69 Å². The van der Waals surface area contributed by atoms with E-state index in [1.54, 1.807) is 4.68 Å². The first kappa shape index (κ1) is 10.1. The van der Waals surface area contributed by atoms with Crippen LogP contribution in [-0.4, -0.2) is 38.7 Å². The molecule has 0 aliphatic carbocycles. The maximum Gasteiger partial charge on any atom is 0.358 e. The first-order valence-electron chi connectivity index (χ1n) is 5.05. The van der Waals surface area contributed by atoms with Crippen molar-refractivity contribution in [1.29, 1.82) is 0 Å². The van der Waals surface area contributed by atoms with E-state index in [0.29, 0.717) is 6.04 Å². The van der Waals surface area contributed by atoms with Gasteiger partial charge in [0.25, 0.3) is 0 Å². The fourth-order valence-electron chi connectivity index (χ4n) is 1.76. The molecule has 1 saturated heterocycles. The van der Waals surface area contributed by atoms with Crippen LogP contribution in [-0.2, 0) is 0 Å². The summed E-state index contributed by atoms with van der Waals surface area (Å²) in [5.41, 5.74) is 0.00798. The third-order valence-electron chi connectivity index (χ3n) is 2.74. The molecule has 1 aliphatic rings. The number of nitrogens with zero attached hydrogens (tertiary/aromatic N) is 3. The largest absolute Gasteiger partial charge is 0.476 e. The molecule has 0 spiro atoms. The fraction of sp³-hybridized carbons (Fsp3) is 0.667. The van der Waals surface area contributed by atoms with E-state index in [1.165, 1.54) is 6.20 Å². The van der Waals surface area contributed by atoms with Gasteiger partial charge in [-0.2, -0.15) is 0 Å². The number of aromatic carboxylic acids is 1. The van der Waals surface area contributed by atoms with Crippen molar-refractivity contribution in [3.63, 3.8) is 0 Å². The first-order valence-corrected chi connectivity index (χ1v) is 5.05. The Morgan fingerprint density at radius 1 is 1.67 bits per heavy atom. The van der Waals surface area contributed by atoms with Gasteiger partial charge in [0.05, 0.1) is 12.2 Å². The molecule has 6 nitrogen and oxygen atoms in total. The Kier molecular flexibility index (Phi) is 2.68. The van der Waals surface area contributed by atoms with Crippen LogP contribution < -0.4 is 5.32 Å². The van der Waals surface area contributed by atoms with Crippen LogP contribution in [0.3, 0.4) is 0 Å². The van der Waals surface area contributed by atoms with E-state index in [-0.39, 0.29) is 11.7 Å². The van der Waals surface area contributed by atoms with Crippen LogP contribution in [0, 0.1) is 0 Å². The SMILES string of the molecule is C[C@H]1CC[C@@H](n2cc(C(=O)O)nn2)CN1. The lowest BCUT2D eigenvalue weighted by Gasteiger charge is -2.27. The minimum Gasteiger partial charge on any atom is -0.476 e. The Morgan fingerprint density at radius 2 is 2.47 bits per heavy atom. The number of carboxylic acids is 1. The highest BCUT2D eigenvalue weighted by Crippen LogP contribution is 2.18. The summed E-state index contributed by atoms with van der Waals surface area (Å²) in [6.45, 7) is 2.96. The van der Waals surface area contributed by atoms with Crippen LogP contribution in [0.5, 0.6) is 0 Å². The molecule has 1 aromatic rings. The topological polar surface area (TPSA) is 80.0 Å². The molecule has 1 aliphatic heterocycles. The second-order valence-corrected chi connectivity index (χ2v) is 3.93. The minimum atomic E-state index is -1.03. The monoisotopic (exact) mass is 210 g/mol. The van der Waals surface area contributed by atoms with Crippen molar-refractivity contribution in [2.75, 3.05) is 6.54 Å². The standard InChI is InChI=1S/C9H14N4O2/c1-6-2-3-7(4-10-6)13-5-8(9(14)15)11-12-13/h5-7,10H,2-4H2,1H3,(H,14,15)/t6-,7+/m0/s1. The van der Waals surface area contributed by atoms with Crippen LogP contribution >= 0.6 is 0 Å². The molecule has 82 valence electrons. The molecule has 2 N–H and O–H groups in total. The lowest BCUT2D eigenvalue weighted by molar-refractivity contribution is 0.0690. The normalized spacial score (nSPS) is 26.5. The van der Waals surface area contributed by atoms with Gasteiger partial charge in [0, 0.05) is 12.6 Å². The first-order chi connectivity index (χ1) is 7.16. The van der Waals surface area contributed by atoms with E-state index in [1.807, 2.05) is 0 Å². The molecule has 6 heteroatoms. The Morgan fingerprint density at radius 3 is 3.00 bits per heavy atom. The summed E-state index contributed by atoms with van der Waals surface area (Å²) >= 11 is 0. The predicted molar refractivity (Wildman–Crippen MR) is 52.7 cm³/mol. The third-order valence-corrected chi connectivity index (χ3v) is 2.74. The molecular formula is C9H14N4O2. The highest BCUT2D eigenvalue weighted by atomic mass is 16.4. The second-order valence-electron chi connectivity index (χ2n) is 3.93. The molecule has 2 atom stereocenters. The number of piperidine rings is 1. The van der Waals surface area contributed by atoms with Gasteiger partial charge < -0.3 is 10.4 Å². The number of rotatable bonds is 2. The summed E-state index contributed by atoms with van der Waals surface area (Å²) in [7, 11) is 0. The summed E-state index contributed by atoms with van der Waals surface area (Å²) in [4.78, 5) is 10.6. The van der Waals surface area contributed by atoms with E-state index in [4.69, 9.17) is 5.11 Å². The molecule has 0 bridgehead atoms. The van der Waals surface area contributed by atoms with Gasteiger partial charge in [-0.3, -0.25) is 0 Å². The van der Waals surface area contributed by atoms with Gasteiger partial charge in [-0.15, -0.1) is 5.10 Å². The highest BCUT2D eigenvalue weighted by molar-refractivity contribution is 5.84. The van der Waals surface area contributed by atoms with Crippen molar-refractivity contribution >= 4 is 5.97 Å². The fourth-order valence-corrected chi connectivity index (χ4v) is 1.76. The number of aromatic nitrogens is 3. The Labute approximate surface area is 87.3 Å². The van der Waals surface area contributed by atoms with E-state index < -0.39 is 5.97 Å². The molecular weight excluding hydrogens is 196 g/mol. The zero-order chi connectivity index (χ0) is 10.8. The lowest BCUT2D eigenvalue weighted by Crippen LogP contribution is -2.38. The molecule has 1 fully saturated rings. The minimum absolute atomic E-state index is 0.00798. The van der Waals surface area contributed by atoms with Gasteiger partial charge in [0.1, 0.15) is 0 Å². The Hall–Kier alpha value is -1.43. The van der Waals surface area contributed by atoms with Gasteiger partial charge in [-0.05, 0) is 19.8 Å².